The molecule has 92 valence electrons. The lowest BCUT2D eigenvalue weighted by molar-refractivity contribution is 0.0750. The van der Waals surface area contributed by atoms with Crippen molar-refractivity contribution in [3.63, 3.8) is 0 Å². The largest absolute Gasteiger partial charge is 0.333 e. The Morgan fingerprint density at radius 3 is 2.76 bits per heavy atom. The highest BCUT2D eigenvalue weighted by Gasteiger charge is 2.50. The van der Waals surface area contributed by atoms with Crippen molar-refractivity contribution >= 4 is 27.1 Å². The predicted molar refractivity (Wildman–Crippen MR) is 66.1 cm³/mol. The maximum Gasteiger partial charge on any atom is 0.264 e. The molecule has 0 aromatic carbocycles. The van der Waals surface area contributed by atoms with E-state index in [-0.39, 0.29) is 23.0 Å². The number of rotatable bonds is 1. The van der Waals surface area contributed by atoms with Gasteiger partial charge in [0.2, 0.25) is 0 Å². The van der Waals surface area contributed by atoms with E-state index in [4.69, 9.17) is 0 Å². The number of likely N-dealkylation sites (tertiary alicyclic amines) is 1. The molecular formula is C11H13NO3S2. The second-order valence-electron chi connectivity index (χ2n) is 4.79. The van der Waals surface area contributed by atoms with Crippen molar-refractivity contribution in [2.75, 3.05) is 12.3 Å². The summed E-state index contributed by atoms with van der Waals surface area (Å²) >= 11 is 1.43. The number of nitrogens with zero attached hydrogens (tertiary/aromatic N) is 1. The van der Waals surface area contributed by atoms with Gasteiger partial charge in [-0.3, -0.25) is 4.79 Å². The molecule has 2 bridgehead atoms. The summed E-state index contributed by atoms with van der Waals surface area (Å²) in [6.07, 6.45) is 0.623. The van der Waals surface area contributed by atoms with E-state index >= 15 is 0 Å². The SMILES string of the molecule is Cc1csc(C(=O)N2C[C@H]3C[C@H]2CS3(=O)=O)c1. The molecule has 2 fully saturated rings. The minimum atomic E-state index is -2.92. The van der Waals surface area contributed by atoms with Crippen LogP contribution in [0.3, 0.4) is 0 Å². The van der Waals surface area contributed by atoms with E-state index in [0.717, 1.165) is 5.56 Å². The van der Waals surface area contributed by atoms with Gasteiger partial charge in [-0.1, -0.05) is 0 Å². The van der Waals surface area contributed by atoms with Crippen LogP contribution in [0.25, 0.3) is 0 Å². The first-order valence-corrected chi connectivity index (χ1v) is 8.14. The maximum absolute atomic E-state index is 12.2. The molecule has 2 aliphatic heterocycles. The fraction of sp³-hybridized carbons (Fsp3) is 0.545. The highest BCUT2D eigenvalue weighted by molar-refractivity contribution is 7.92. The molecule has 0 saturated carbocycles. The van der Waals surface area contributed by atoms with Gasteiger partial charge in [-0.2, -0.15) is 0 Å². The van der Waals surface area contributed by atoms with Crippen LogP contribution in [0.2, 0.25) is 0 Å². The molecule has 0 radical (unpaired) electrons. The Labute approximate surface area is 104 Å². The first-order chi connectivity index (χ1) is 7.97. The standard InChI is InChI=1S/C11H13NO3S2/c1-7-2-10(16-5-7)11(13)12-4-9-3-8(12)6-17(9,14)15/h2,5,8-9H,3-4,6H2,1H3/t8-,9+/m0/s1. The van der Waals surface area contributed by atoms with E-state index in [1.54, 1.807) is 4.90 Å². The third kappa shape index (κ3) is 1.70. The molecule has 6 heteroatoms. The molecule has 0 N–H and O–H groups in total. The summed E-state index contributed by atoms with van der Waals surface area (Å²) in [5.74, 6) is 0.138. The van der Waals surface area contributed by atoms with Crippen molar-refractivity contribution in [3.05, 3.63) is 21.9 Å². The average Bonchev–Trinajstić information content (AvgIpc) is 2.89. The van der Waals surface area contributed by atoms with Crippen molar-refractivity contribution in [3.8, 4) is 0 Å². The summed E-state index contributed by atoms with van der Waals surface area (Å²) in [6, 6.07) is 1.77. The highest BCUT2D eigenvalue weighted by Crippen LogP contribution is 2.34. The molecular weight excluding hydrogens is 258 g/mol. The molecule has 4 nitrogen and oxygen atoms in total. The van der Waals surface area contributed by atoms with Crippen molar-refractivity contribution < 1.29 is 13.2 Å². The van der Waals surface area contributed by atoms with Crippen LogP contribution in [-0.4, -0.2) is 42.8 Å². The molecule has 0 unspecified atom stereocenters. The fourth-order valence-electron chi connectivity index (χ4n) is 2.63. The predicted octanol–water partition coefficient (Wildman–Crippen LogP) is 1.07. The molecule has 0 aliphatic carbocycles. The second-order valence-corrected chi connectivity index (χ2v) is 8.02. The number of hydrogen-bond acceptors (Lipinski definition) is 4. The van der Waals surface area contributed by atoms with Crippen LogP contribution >= 0.6 is 11.3 Å². The van der Waals surface area contributed by atoms with Crippen LogP contribution in [0.1, 0.15) is 21.7 Å². The van der Waals surface area contributed by atoms with Crippen LogP contribution < -0.4 is 0 Å². The number of thiophene rings is 1. The van der Waals surface area contributed by atoms with Crippen molar-refractivity contribution in [2.45, 2.75) is 24.6 Å². The molecule has 1 aromatic rings. The Bertz CT molecular complexity index is 575. The summed E-state index contributed by atoms with van der Waals surface area (Å²) in [4.78, 5) is 14.7. The lowest BCUT2D eigenvalue weighted by atomic mass is 10.2. The highest BCUT2D eigenvalue weighted by atomic mass is 32.2. The van der Waals surface area contributed by atoms with Crippen LogP contribution in [0.15, 0.2) is 11.4 Å². The summed E-state index contributed by atoms with van der Waals surface area (Å²) in [5, 5.41) is 1.62. The topological polar surface area (TPSA) is 54.5 Å². The zero-order chi connectivity index (χ0) is 12.2. The van der Waals surface area contributed by atoms with E-state index in [2.05, 4.69) is 0 Å². The van der Waals surface area contributed by atoms with Gasteiger partial charge in [0, 0.05) is 12.6 Å². The quantitative estimate of drug-likeness (QED) is 0.767. The number of carbonyl (C=O) groups is 1. The van der Waals surface area contributed by atoms with E-state index in [1.807, 2.05) is 18.4 Å². The Morgan fingerprint density at radius 2 is 2.29 bits per heavy atom. The molecule has 1 aromatic heterocycles. The number of fused-ring (bicyclic) bond motifs is 2. The summed E-state index contributed by atoms with van der Waals surface area (Å²) < 4.78 is 23.2. The zero-order valence-electron chi connectivity index (χ0n) is 9.42. The van der Waals surface area contributed by atoms with Crippen LogP contribution in [0.4, 0.5) is 0 Å². The third-order valence-electron chi connectivity index (χ3n) is 3.51. The minimum Gasteiger partial charge on any atom is -0.333 e. The van der Waals surface area contributed by atoms with Gasteiger partial charge in [-0.25, -0.2) is 8.42 Å². The Kier molecular flexibility index (Phi) is 2.35. The average molecular weight is 271 g/mol. The Balaban J connectivity index is 1.83. The Hall–Kier alpha value is -0.880. The maximum atomic E-state index is 12.2. The van der Waals surface area contributed by atoms with Crippen LogP contribution in [-0.2, 0) is 9.84 Å². The van der Waals surface area contributed by atoms with E-state index in [1.165, 1.54) is 11.3 Å². The van der Waals surface area contributed by atoms with Gasteiger partial charge in [0.25, 0.3) is 5.91 Å². The first-order valence-electron chi connectivity index (χ1n) is 5.55. The lowest BCUT2D eigenvalue weighted by Gasteiger charge is -2.26. The molecule has 2 aliphatic rings. The summed E-state index contributed by atoms with van der Waals surface area (Å²) in [5.41, 5.74) is 1.08. The number of carbonyl (C=O) groups excluding carboxylic acids is 1. The second kappa shape index (κ2) is 3.55. The zero-order valence-corrected chi connectivity index (χ0v) is 11.1. The van der Waals surface area contributed by atoms with Crippen LogP contribution in [0.5, 0.6) is 0 Å². The monoisotopic (exact) mass is 271 g/mol. The van der Waals surface area contributed by atoms with Crippen molar-refractivity contribution in [1.29, 1.82) is 0 Å². The third-order valence-corrected chi connectivity index (χ3v) is 6.75. The number of hydrogen-bond donors (Lipinski definition) is 0. The first kappa shape index (κ1) is 11.2. The van der Waals surface area contributed by atoms with Gasteiger partial charge in [0.15, 0.2) is 9.84 Å². The molecule has 1 amide bonds. The van der Waals surface area contributed by atoms with Crippen LogP contribution in [0, 0.1) is 6.92 Å². The van der Waals surface area contributed by atoms with Gasteiger partial charge < -0.3 is 4.90 Å². The van der Waals surface area contributed by atoms with Gasteiger partial charge in [0.05, 0.1) is 15.9 Å². The van der Waals surface area contributed by atoms with E-state index in [0.29, 0.717) is 17.8 Å². The van der Waals surface area contributed by atoms with Gasteiger partial charge in [0.1, 0.15) is 0 Å². The normalized spacial score (nSPS) is 29.8. The summed E-state index contributed by atoms with van der Waals surface area (Å²) in [6.45, 7) is 2.33. The molecule has 3 rings (SSSR count). The molecule has 2 saturated heterocycles. The lowest BCUT2D eigenvalue weighted by Crippen LogP contribution is -2.43. The van der Waals surface area contributed by atoms with Gasteiger partial charge in [-0.15, -0.1) is 11.3 Å². The van der Waals surface area contributed by atoms with E-state index in [9.17, 15) is 13.2 Å². The number of amides is 1. The summed E-state index contributed by atoms with van der Waals surface area (Å²) in [7, 11) is -2.92. The smallest absolute Gasteiger partial charge is 0.264 e. The molecule has 2 atom stereocenters. The number of aryl methyl sites for hydroxylation is 1. The van der Waals surface area contributed by atoms with Gasteiger partial charge >= 0.3 is 0 Å². The van der Waals surface area contributed by atoms with Crippen molar-refractivity contribution in [1.82, 2.24) is 4.90 Å². The fourth-order valence-corrected chi connectivity index (χ4v) is 5.51. The van der Waals surface area contributed by atoms with E-state index < -0.39 is 9.84 Å². The Morgan fingerprint density at radius 1 is 1.53 bits per heavy atom. The van der Waals surface area contributed by atoms with Crippen molar-refractivity contribution in [2.24, 2.45) is 0 Å². The molecule has 17 heavy (non-hydrogen) atoms. The number of sulfone groups is 1. The molecule has 0 spiro atoms. The van der Waals surface area contributed by atoms with Gasteiger partial charge in [-0.05, 0) is 30.4 Å². The molecule has 3 heterocycles. The minimum absolute atomic E-state index is 0.00880.